The van der Waals surface area contributed by atoms with E-state index in [1.807, 2.05) is 31.2 Å². The van der Waals surface area contributed by atoms with Gasteiger partial charge in [-0.2, -0.15) is 5.26 Å². The van der Waals surface area contributed by atoms with Crippen LogP contribution in [0.1, 0.15) is 54.7 Å². The van der Waals surface area contributed by atoms with Gasteiger partial charge in [-0.25, -0.2) is 0 Å². The van der Waals surface area contributed by atoms with Crippen LogP contribution < -0.4 is 10.2 Å². The van der Waals surface area contributed by atoms with E-state index in [1.54, 1.807) is 7.11 Å². The number of nitrogens with one attached hydrogen (secondary N) is 1. The van der Waals surface area contributed by atoms with Crippen molar-refractivity contribution in [2.45, 2.75) is 38.0 Å². The fraction of sp³-hybridized carbons (Fsp3) is 0.355. The van der Waals surface area contributed by atoms with Crippen LogP contribution in [0.4, 0.5) is 17.1 Å². The van der Waals surface area contributed by atoms with Crippen LogP contribution in [-0.2, 0) is 14.3 Å². The molecule has 6 heteroatoms. The minimum atomic E-state index is -0.224. The minimum Gasteiger partial charge on any atom is -0.466 e. The van der Waals surface area contributed by atoms with Crippen molar-refractivity contribution in [2.24, 2.45) is 0 Å². The van der Waals surface area contributed by atoms with Gasteiger partial charge < -0.3 is 19.7 Å². The van der Waals surface area contributed by atoms with E-state index in [0.29, 0.717) is 24.7 Å². The van der Waals surface area contributed by atoms with Gasteiger partial charge in [0.1, 0.15) is 0 Å². The first kappa shape index (κ1) is 26.2. The van der Waals surface area contributed by atoms with Crippen molar-refractivity contribution in [2.75, 3.05) is 43.6 Å². The van der Waals surface area contributed by atoms with Gasteiger partial charge in [-0.3, -0.25) is 4.79 Å². The Morgan fingerprint density at radius 3 is 2.46 bits per heavy atom. The lowest BCUT2D eigenvalue weighted by molar-refractivity contribution is -0.143. The molecule has 0 spiro atoms. The third-order valence-corrected chi connectivity index (χ3v) is 6.98. The number of methoxy groups -OCH3 is 1. The second-order valence-corrected chi connectivity index (χ2v) is 9.42. The van der Waals surface area contributed by atoms with E-state index in [-0.39, 0.29) is 18.3 Å². The van der Waals surface area contributed by atoms with E-state index in [0.717, 1.165) is 48.6 Å². The summed E-state index contributed by atoms with van der Waals surface area (Å²) in [6.45, 7) is 4.54. The minimum absolute atomic E-state index is 0.108. The van der Waals surface area contributed by atoms with Crippen LogP contribution in [0, 0.1) is 11.3 Å². The molecule has 1 N–H and O–H groups in total. The highest BCUT2D eigenvalue weighted by atomic mass is 16.5. The zero-order chi connectivity index (χ0) is 26.0. The highest BCUT2D eigenvalue weighted by Gasteiger charge is 2.24. The predicted molar refractivity (Wildman–Crippen MR) is 147 cm³/mol. The molecule has 0 amide bonds. The van der Waals surface area contributed by atoms with Gasteiger partial charge in [-0.05, 0) is 73.2 Å². The molecule has 1 fully saturated rings. The van der Waals surface area contributed by atoms with E-state index in [4.69, 9.17) is 14.7 Å². The molecule has 6 nitrogen and oxygen atoms in total. The summed E-state index contributed by atoms with van der Waals surface area (Å²) in [4.78, 5) is 14.7. The smallest absolute Gasteiger partial charge is 0.306 e. The molecule has 0 aliphatic carbocycles. The second kappa shape index (κ2) is 12.9. The molecule has 1 aliphatic rings. The number of carbonyl (C=O) groups excluding carboxylic acids is 1. The first-order valence-corrected chi connectivity index (χ1v) is 13.0. The molecule has 0 aromatic heterocycles. The number of anilines is 3. The summed E-state index contributed by atoms with van der Waals surface area (Å²) in [7, 11) is 1.65. The van der Waals surface area contributed by atoms with E-state index in [2.05, 4.69) is 64.8 Å². The number of rotatable bonds is 10. The van der Waals surface area contributed by atoms with Crippen molar-refractivity contribution in [3.8, 4) is 6.07 Å². The van der Waals surface area contributed by atoms with Crippen molar-refractivity contribution in [1.82, 2.24) is 0 Å². The third-order valence-electron chi connectivity index (χ3n) is 6.98. The lowest BCUT2D eigenvalue weighted by Gasteiger charge is -2.35. The molecule has 0 radical (unpaired) electrons. The fourth-order valence-corrected chi connectivity index (χ4v) is 5.04. The summed E-state index contributed by atoms with van der Waals surface area (Å²) >= 11 is 0. The van der Waals surface area contributed by atoms with Crippen molar-refractivity contribution < 1.29 is 14.3 Å². The average molecular weight is 498 g/mol. The number of ether oxygens (including phenoxy) is 2. The van der Waals surface area contributed by atoms with Crippen molar-refractivity contribution in [3.05, 3.63) is 89.5 Å². The number of esters is 1. The van der Waals surface area contributed by atoms with Gasteiger partial charge in [0.25, 0.3) is 0 Å². The van der Waals surface area contributed by atoms with Crippen LogP contribution in [-0.4, -0.2) is 39.4 Å². The molecular formula is C31H35N3O3. The van der Waals surface area contributed by atoms with E-state index >= 15 is 0 Å². The number of hydrogen-bond donors (Lipinski definition) is 1. The van der Waals surface area contributed by atoms with Gasteiger partial charge in [0.2, 0.25) is 0 Å². The fourth-order valence-electron chi connectivity index (χ4n) is 5.04. The number of carbonyl (C=O) groups is 1. The molecular weight excluding hydrogens is 462 g/mol. The second-order valence-electron chi connectivity index (χ2n) is 9.42. The maximum atomic E-state index is 12.3. The van der Waals surface area contributed by atoms with Crippen molar-refractivity contribution >= 4 is 23.0 Å². The van der Waals surface area contributed by atoms with Gasteiger partial charge >= 0.3 is 5.97 Å². The Hall–Kier alpha value is -3.82. The van der Waals surface area contributed by atoms with Gasteiger partial charge in [0, 0.05) is 31.8 Å². The summed E-state index contributed by atoms with van der Waals surface area (Å²) in [6.07, 6.45) is 2.45. The standard InChI is InChI=1S/C31H35N3O3/c1-3-37-31(35)20-27(22-36-2)26-11-14-30(29(19-26)33-28-12-9-23(21-32)10-13-28)34-17-15-25(16-18-34)24-7-5-4-6-8-24/h4-14,19,25,27,33H,3,15-18,20,22H2,1-2H3. The van der Waals surface area contributed by atoms with Crippen molar-refractivity contribution in [1.29, 1.82) is 5.26 Å². The van der Waals surface area contributed by atoms with Crippen LogP contribution in [0.5, 0.6) is 0 Å². The Bertz CT molecular complexity index is 1200. The molecule has 4 rings (SSSR count). The zero-order valence-corrected chi connectivity index (χ0v) is 21.7. The number of nitrogens with zero attached hydrogens (tertiary/aromatic N) is 2. The number of hydrogen-bond acceptors (Lipinski definition) is 6. The highest BCUT2D eigenvalue weighted by Crippen LogP contribution is 2.37. The summed E-state index contributed by atoms with van der Waals surface area (Å²) in [5, 5.41) is 12.7. The summed E-state index contributed by atoms with van der Waals surface area (Å²) in [5.41, 5.74) is 6.07. The SMILES string of the molecule is CCOC(=O)CC(COC)c1ccc(N2CCC(c3ccccc3)CC2)c(Nc2ccc(C#N)cc2)c1. The van der Waals surface area contributed by atoms with Gasteiger partial charge in [0.15, 0.2) is 0 Å². The molecule has 0 saturated carbocycles. The summed E-state index contributed by atoms with van der Waals surface area (Å²) < 4.78 is 10.7. The van der Waals surface area contributed by atoms with Gasteiger partial charge in [-0.15, -0.1) is 0 Å². The van der Waals surface area contributed by atoms with E-state index in [9.17, 15) is 4.79 Å². The molecule has 1 aliphatic heterocycles. The Balaban J connectivity index is 1.60. The zero-order valence-electron chi connectivity index (χ0n) is 21.7. The molecule has 1 unspecified atom stereocenters. The van der Waals surface area contributed by atoms with Crippen LogP contribution >= 0.6 is 0 Å². The topological polar surface area (TPSA) is 74.6 Å². The summed E-state index contributed by atoms with van der Waals surface area (Å²) in [6, 6.07) is 26.8. The number of nitriles is 1. The van der Waals surface area contributed by atoms with Crippen LogP contribution in [0.3, 0.4) is 0 Å². The molecule has 1 saturated heterocycles. The molecule has 37 heavy (non-hydrogen) atoms. The Morgan fingerprint density at radius 1 is 1.08 bits per heavy atom. The molecule has 3 aromatic carbocycles. The molecule has 1 atom stereocenters. The van der Waals surface area contributed by atoms with Crippen LogP contribution in [0.25, 0.3) is 0 Å². The number of benzene rings is 3. The Morgan fingerprint density at radius 2 is 1.81 bits per heavy atom. The molecule has 3 aromatic rings. The Kier molecular flexibility index (Phi) is 9.18. The normalized spacial score (nSPS) is 14.6. The highest BCUT2D eigenvalue weighted by molar-refractivity contribution is 5.77. The molecule has 192 valence electrons. The third kappa shape index (κ3) is 6.90. The maximum absolute atomic E-state index is 12.3. The largest absolute Gasteiger partial charge is 0.466 e. The first-order chi connectivity index (χ1) is 18.1. The lowest BCUT2D eigenvalue weighted by Crippen LogP contribution is -2.33. The first-order valence-electron chi connectivity index (χ1n) is 13.0. The monoisotopic (exact) mass is 497 g/mol. The van der Waals surface area contributed by atoms with E-state index < -0.39 is 0 Å². The van der Waals surface area contributed by atoms with Gasteiger partial charge in [0.05, 0.1) is 42.6 Å². The Labute approximate surface area is 219 Å². The van der Waals surface area contributed by atoms with Gasteiger partial charge in [-0.1, -0.05) is 36.4 Å². The molecule has 0 bridgehead atoms. The predicted octanol–water partition coefficient (Wildman–Crippen LogP) is 6.37. The maximum Gasteiger partial charge on any atom is 0.306 e. The quantitative estimate of drug-likeness (QED) is 0.328. The van der Waals surface area contributed by atoms with Crippen LogP contribution in [0.2, 0.25) is 0 Å². The average Bonchev–Trinajstić information content (AvgIpc) is 2.94. The van der Waals surface area contributed by atoms with E-state index in [1.165, 1.54) is 5.56 Å². The summed E-state index contributed by atoms with van der Waals surface area (Å²) in [5.74, 6) is 0.240. The molecule has 1 heterocycles. The number of piperidine rings is 1. The van der Waals surface area contributed by atoms with Crippen molar-refractivity contribution in [3.63, 3.8) is 0 Å². The lowest BCUT2D eigenvalue weighted by atomic mass is 9.89. The van der Waals surface area contributed by atoms with Crippen LogP contribution in [0.15, 0.2) is 72.8 Å².